The average molecular weight is 356 g/mol. The second-order valence-electron chi connectivity index (χ2n) is 5.92. The number of rotatable bonds is 4. The molecular weight excluding hydrogens is 332 g/mol. The third-order valence-corrected chi connectivity index (χ3v) is 4.18. The molecule has 2 rings (SSSR count). The Labute approximate surface area is 137 Å². The van der Waals surface area contributed by atoms with E-state index in [1.165, 1.54) is 0 Å². The van der Waals surface area contributed by atoms with Crippen LogP contribution in [0.3, 0.4) is 0 Å². The molecule has 2 saturated heterocycles. The highest BCUT2D eigenvalue weighted by molar-refractivity contribution is 4.90. The maximum atomic E-state index is 10.0. The molecule has 2 aliphatic rings. The molecule has 0 aromatic carbocycles. The summed E-state index contributed by atoms with van der Waals surface area (Å²) in [4.78, 5) is 0. The second kappa shape index (κ2) is 8.29. The van der Waals surface area contributed by atoms with Gasteiger partial charge in [0.25, 0.3) is 0 Å². The first kappa shape index (κ1) is 19.9. The Morgan fingerprint density at radius 1 is 0.667 bits per heavy atom. The van der Waals surface area contributed by atoms with E-state index < -0.39 is 74.6 Å². The summed E-state index contributed by atoms with van der Waals surface area (Å²) in [5.74, 6) is 0. The molecule has 0 aliphatic carbocycles. The van der Waals surface area contributed by atoms with E-state index in [1.54, 1.807) is 0 Å². The number of ether oxygens (including phenoxy) is 3. The molecule has 0 amide bonds. The van der Waals surface area contributed by atoms with Crippen molar-refractivity contribution in [3.8, 4) is 0 Å². The molecule has 142 valence electrons. The maximum absolute atomic E-state index is 10.0. The van der Waals surface area contributed by atoms with E-state index in [-0.39, 0.29) is 6.42 Å². The zero-order chi connectivity index (χ0) is 18.0. The SMILES string of the molecule is OCC1O[C@H](O[C@H]2O[C@H](CO)[C@@H](O)C(O)C2O)C(O)CC(O)[C@@H]1O. The monoisotopic (exact) mass is 356 g/mol. The first-order valence-corrected chi connectivity index (χ1v) is 7.56. The predicted molar refractivity (Wildman–Crippen MR) is 73.2 cm³/mol. The van der Waals surface area contributed by atoms with Crippen LogP contribution >= 0.6 is 0 Å². The van der Waals surface area contributed by atoms with Crippen molar-refractivity contribution in [2.45, 2.75) is 67.8 Å². The molecular formula is C13H24O11. The highest BCUT2D eigenvalue weighted by Crippen LogP contribution is 2.27. The van der Waals surface area contributed by atoms with E-state index in [0.29, 0.717) is 0 Å². The largest absolute Gasteiger partial charge is 0.394 e. The van der Waals surface area contributed by atoms with Crippen LogP contribution in [0.5, 0.6) is 0 Å². The highest BCUT2D eigenvalue weighted by atomic mass is 16.8. The Hall–Kier alpha value is -0.440. The molecule has 5 unspecified atom stereocenters. The van der Waals surface area contributed by atoms with E-state index in [9.17, 15) is 35.7 Å². The molecule has 0 aromatic rings. The van der Waals surface area contributed by atoms with Gasteiger partial charge in [-0.15, -0.1) is 0 Å². The van der Waals surface area contributed by atoms with Gasteiger partial charge < -0.3 is 55.1 Å². The van der Waals surface area contributed by atoms with Crippen LogP contribution in [-0.4, -0.2) is 115 Å². The summed E-state index contributed by atoms with van der Waals surface area (Å²) in [6.45, 7) is -1.32. The van der Waals surface area contributed by atoms with E-state index >= 15 is 0 Å². The number of hydrogen-bond acceptors (Lipinski definition) is 11. The Morgan fingerprint density at radius 2 is 1.21 bits per heavy atom. The van der Waals surface area contributed by atoms with Gasteiger partial charge in [-0.1, -0.05) is 0 Å². The van der Waals surface area contributed by atoms with E-state index in [1.807, 2.05) is 0 Å². The first-order valence-electron chi connectivity index (χ1n) is 7.56. The molecule has 2 aliphatic heterocycles. The van der Waals surface area contributed by atoms with Crippen molar-refractivity contribution < 1.29 is 55.1 Å². The first-order chi connectivity index (χ1) is 11.3. The standard InChI is InChI=1S/C13H24O11/c14-2-6-8(18)4(16)1-5(17)12(22-6)24-13-11(21)10(20)9(19)7(3-15)23-13/h4-21H,1-3H2/t4?,5?,6?,7-,8+,9-,10?,11?,12-,13-/m1/s1. The van der Waals surface area contributed by atoms with Gasteiger partial charge in [-0.25, -0.2) is 0 Å². The van der Waals surface area contributed by atoms with Gasteiger partial charge in [-0.2, -0.15) is 0 Å². The topological polar surface area (TPSA) is 190 Å². The fourth-order valence-corrected chi connectivity index (χ4v) is 2.68. The smallest absolute Gasteiger partial charge is 0.189 e. The molecule has 0 bridgehead atoms. The zero-order valence-corrected chi connectivity index (χ0v) is 12.7. The molecule has 11 heteroatoms. The van der Waals surface area contributed by atoms with Crippen molar-refractivity contribution in [1.29, 1.82) is 0 Å². The molecule has 0 saturated carbocycles. The molecule has 2 fully saturated rings. The molecule has 2 heterocycles. The van der Waals surface area contributed by atoms with Crippen molar-refractivity contribution in [3.63, 3.8) is 0 Å². The molecule has 0 aromatic heterocycles. The summed E-state index contributed by atoms with van der Waals surface area (Å²) in [6, 6.07) is 0. The summed E-state index contributed by atoms with van der Waals surface area (Å²) in [6.07, 6.45) is -15.1. The van der Waals surface area contributed by atoms with Gasteiger partial charge in [-0.05, 0) is 0 Å². The van der Waals surface area contributed by atoms with Crippen molar-refractivity contribution >= 4 is 0 Å². The van der Waals surface area contributed by atoms with E-state index in [4.69, 9.17) is 19.3 Å². The van der Waals surface area contributed by atoms with Crippen molar-refractivity contribution in [1.82, 2.24) is 0 Å². The molecule has 0 radical (unpaired) electrons. The van der Waals surface area contributed by atoms with Gasteiger partial charge in [0.15, 0.2) is 12.6 Å². The number of hydrogen-bond donors (Lipinski definition) is 8. The Balaban J connectivity index is 2.09. The minimum atomic E-state index is -1.70. The van der Waals surface area contributed by atoms with Gasteiger partial charge in [0.2, 0.25) is 0 Å². The van der Waals surface area contributed by atoms with Crippen LogP contribution in [0.25, 0.3) is 0 Å². The number of aliphatic hydroxyl groups is 8. The highest BCUT2D eigenvalue weighted by Gasteiger charge is 2.47. The van der Waals surface area contributed by atoms with Gasteiger partial charge in [0.1, 0.15) is 42.7 Å². The zero-order valence-electron chi connectivity index (χ0n) is 12.7. The third-order valence-electron chi connectivity index (χ3n) is 4.18. The van der Waals surface area contributed by atoms with Crippen LogP contribution in [0, 0.1) is 0 Å². The van der Waals surface area contributed by atoms with Crippen LogP contribution in [-0.2, 0) is 14.2 Å². The predicted octanol–water partition coefficient (Wildman–Crippen LogP) is -5.01. The van der Waals surface area contributed by atoms with E-state index in [2.05, 4.69) is 0 Å². The molecule has 10 atom stereocenters. The lowest BCUT2D eigenvalue weighted by Crippen LogP contribution is -2.60. The fourth-order valence-electron chi connectivity index (χ4n) is 2.68. The normalized spacial score (nSPS) is 50.5. The minimum absolute atomic E-state index is 0.334. The summed E-state index contributed by atoms with van der Waals surface area (Å²) in [5.41, 5.74) is 0. The Kier molecular flexibility index (Phi) is 6.87. The Bertz CT molecular complexity index is 394. The number of aliphatic hydroxyl groups excluding tert-OH is 8. The molecule has 11 nitrogen and oxygen atoms in total. The van der Waals surface area contributed by atoms with E-state index in [0.717, 1.165) is 0 Å². The van der Waals surface area contributed by atoms with Crippen LogP contribution in [0.4, 0.5) is 0 Å². The minimum Gasteiger partial charge on any atom is -0.394 e. The van der Waals surface area contributed by atoms with Crippen LogP contribution in [0.15, 0.2) is 0 Å². The quantitative estimate of drug-likeness (QED) is 0.241. The van der Waals surface area contributed by atoms with Gasteiger partial charge in [0.05, 0.1) is 19.3 Å². The van der Waals surface area contributed by atoms with Gasteiger partial charge in [-0.3, -0.25) is 0 Å². The van der Waals surface area contributed by atoms with Gasteiger partial charge in [0, 0.05) is 6.42 Å². The lowest BCUT2D eigenvalue weighted by molar-refractivity contribution is -0.353. The van der Waals surface area contributed by atoms with Gasteiger partial charge >= 0.3 is 0 Å². The molecule has 8 N–H and O–H groups in total. The summed E-state index contributed by atoms with van der Waals surface area (Å²) < 4.78 is 15.6. The maximum Gasteiger partial charge on any atom is 0.189 e. The molecule has 24 heavy (non-hydrogen) atoms. The summed E-state index contributed by atoms with van der Waals surface area (Å²) >= 11 is 0. The average Bonchev–Trinajstić information content (AvgIpc) is 2.66. The lowest BCUT2D eigenvalue weighted by Gasteiger charge is -2.41. The van der Waals surface area contributed by atoms with Crippen LogP contribution in [0.2, 0.25) is 0 Å². The Morgan fingerprint density at radius 3 is 1.79 bits per heavy atom. The fraction of sp³-hybridized carbons (Fsp3) is 1.00. The second-order valence-corrected chi connectivity index (χ2v) is 5.92. The van der Waals surface area contributed by atoms with Crippen molar-refractivity contribution in [2.24, 2.45) is 0 Å². The van der Waals surface area contributed by atoms with Crippen LogP contribution < -0.4 is 0 Å². The summed E-state index contributed by atoms with van der Waals surface area (Å²) in [5, 5.41) is 77.1. The van der Waals surface area contributed by atoms with Crippen molar-refractivity contribution in [3.05, 3.63) is 0 Å². The summed E-state index contributed by atoms with van der Waals surface area (Å²) in [7, 11) is 0. The van der Waals surface area contributed by atoms with Crippen LogP contribution in [0.1, 0.15) is 6.42 Å². The molecule has 0 spiro atoms. The lowest BCUT2D eigenvalue weighted by atomic mass is 9.99. The third kappa shape index (κ3) is 4.03. The van der Waals surface area contributed by atoms with Crippen molar-refractivity contribution in [2.75, 3.05) is 13.2 Å².